The van der Waals surface area contributed by atoms with E-state index in [1.165, 1.54) is 7.11 Å². The number of aryl methyl sites for hydroxylation is 1. The van der Waals surface area contributed by atoms with E-state index >= 15 is 0 Å². The molecule has 1 N–H and O–H groups in total. The second kappa shape index (κ2) is 7.31. The molecule has 0 saturated heterocycles. The Morgan fingerprint density at radius 3 is 2.37 bits per heavy atom. The SMILES string of the molecule is COC(=O)CCCNC(=O)C(=O)c1ccc(C)cc1. The number of amides is 1. The first kappa shape index (κ1) is 14.9. The molecular formula is C14H17NO4. The predicted octanol–water partition coefficient (Wildman–Crippen LogP) is 1.25. The third-order valence-corrected chi connectivity index (χ3v) is 2.59. The normalized spacial score (nSPS) is 9.79. The number of hydrogen-bond acceptors (Lipinski definition) is 4. The average Bonchev–Trinajstić information content (AvgIpc) is 2.43. The summed E-state index contributed by atoms with van der Waals surface area (Å²) in [6.45, 7) is 2.17. The number of ketones is 1. The second-order valence-electron chi connectivity index (χ2n) is 4.13. The minimum absolute atomic E-state index is 0.218. The van der Waals surface area contributed by atoms with Gasteiger partial charge in [-0.3, -0.25) is 14.4 Å². The molecule has 5 heteroatoms. The van der Waals surface area contributed by atoms with Crippen LogP contribution in [0.1, 0.15) is 28.8 Å². The van der Waals surface area contributed by atoms with Crippen molar-refractivity contribution in [2.24, 2.45) is 0 Å². The Balaban J connectivity index is 2.39. The van der Waals surface area contributed by atoms with Gasteiger partial charge in [-0.1, -0.05) is 29.8 Å². The van der Waals surface area contributed by atoms with Crippen LogP contribution in [0, 0.1) is 6.92 Å². The third kappa shape index (κ3) is 4.91. The molecule has 0 saturated carbocycles. The quantitative estimate of drug-likeness (QED) is 0.363. The highest BCUT2D eigenvalue weighted by molar-refractivity contribution is 6.42. The second-order valence-corrected chi connectivity index (χ2v) is 4.13. The third-order valence-electron chi connectivity index (χ3n) is 2.59. The van der Waals surface area contributed by atoms with Crippen LogP contribution in [0.4, 0.5) is 0 Å². The van der Waals surface area contributed by atoms with Crippen molar-refractivity contribution in [3.05, 3.63) is 35.4 Å². The maximum Gasteiger partial charge on any atom is 0.305 e. The van der Waals surface area contributed by atoms with E-state index in [-0.39, 0.29) is 18.9 Å². The van der Waals surface area contributed by atoms with Crippen LogP contribution in [0.25, 0.3) is 0 Å². The van der Waals surface area contributed by atoms with Gasteiger partial charge >= 0.3 is 5.97 Å². The van der Waals surface area contributed by atoms with E-state index in [4.69, 9.17) is 0 Å². The number of hydrogen-bond donors (Lipinski definition) is 1. The summed E-state index contributed by atoms with van der Waals surface area (Å²) in [5, 5.41) is 2.48. The van der Waals surface area contributed by atoms with Crippen molar-refractivity contribution in [2.45, 2.75) is 19.8 Å². The highest BCUT2D eigenvalue weighted by Crippen LogP contribution is 2.04. The standard InChI is InChI=1S/C14H17NO4/c1-10-5-7-11(8-6-10)13(17)14(18)15-9-3-4-12(16)19-2/h5-8H,3-4,9H2,1-2H3,(H,15,18). The topological polar surface area (TPSA) is 72.5 Å². The molecule has 0 atom stereocenters. The molecule has 0 fully saturated rings. The fourth-order valence-corrected chi connectivity index (χ4v) is 1.45. The zero-order chi connectivity index (χ0) is 14.3. The molecular weight excluding hydrogens is 246 g/mol. The van der Waals surface area contributed by atoms with E-state index in [2.05, 4.69) is 10.1 Å². The molecule has 0 radical (unpaired) electrons. The van der Waals surface area contributed by atoms with E-state index in [9.17, 15) is 14.4 Å². The summed E-state index contributed by atoms with van der Waals surface area (Å²) in [5.74, 6) is -1.56. The van der Waals surface area contributed by atoms with Crippen molar-refractivity contribution in [1.29, 1.82) is 0 Å². The summed E-state index contributed by atoms with van der Waals surface area (Å²) < 4.78 is 4.47. The molecule has 0 aromatic heterocycles. The highest BCUT2D eigenvalue weighted by atomic mass is 16.5. The first-order valence-electron chi connectivity index (χ1n) is 6.00. The Labute approximate surface area is 111 Å². The van der Waals surface area contributed by atoms with Gasteiger partial charge in [0.05, 0.1) is 7.11 Å². The van der Waals surface area contributed by atoms with E-state index < -0.39 is 11.7 Å². The van der Waals surface area contributed by atoms with Crippen LogP contribution >= 0.6 is 0 Å². The Bertz CT molecular complexity index is 465. The van der Waals surface area contributed by atoms with Gasteiger partial charge in [-0.2, -0.15) is 0 Å². The van der Waals surface area contributed by atoms with Crippen LogP contribution in [0.15, 0.2) is 24.3 Å². The molecule has 1 amide bonds. The largest absolute Gasteiger partial charge is 0.469 e. The number of nitrogens with one attached hydrogen (secondary N) is 1. The molecule has 1 aromatic carbocycles. The van der Waals surface area contributed by atoms with Gasteiger partial charge in [-0.15, -0.1) is 0 Å². The van der Waals surface area contributed by atoms with Gasteiger partial charge in [0.15, 0.2) is 0 Å². The Kier molecular flexibility index (Phi) is 5.73. The molecule has 0 bridgehead atoms. The van der Waals surface area contributed by atoms with Crippen molar-refractivity contribution < 1.29 is 19.1 Å². The first-order valence-corrected chi connectivity index (χ1v) is 6.00. The summed E-state index contributed by atoms with van der Waals surface area (Å²) in [5.41, 5.74) is 1.38. The highest BCUT2D eigenvalue weighted by Gasteiger charge is 2.15. The van der Waals surface area contributed by atoms with Gasteiger partial charge in [0.2, 0.25) is 5.78 Å². The van der Waals surface area contributed by atoms with Crippen molar-refractivity contribution >= 4 is 17.7 Å². The maximum absolute atomic E-state index is 11.7. The smallest absolute Gasteiger partial charge is 0.305 e. The molecule has 102 valence electrons. The lowest BCUT2D eigenvalue weighted by atomic mass is 10.1. The average molecular weight is 263 g/mol. The van der Waals surface area contributed by atoms with Gasteiger partial charge in [0, 0.05) is 18.5 Å². The predicted molar refractivity (Wildman–Crippen MR) is 69.8 cm³/mol. The number of rotatable bonds is 6. The van der Waals surface area contributed by atoms with Crippen molar-refractivity contribution in [1.82, 2.24) is 5.32 Å². The van der Waals surface area contributed by atoms with Crippen molar-refractivity contribution in [2.75, 3.05) is 13.7 Å². The number of benzene rings is 1. The summed E-state index contributed by atoms with van der Waals surface area (Å²) in [6.07, 6.45) is 0.662. The van der Waals surface area contributed by atoms with Crippen LogP contribution < -0.4 is 5.32 Å². The van der Waals surface area contributed by atoms with E-state index in [0.29, 0.717) is 12.0 Å². The van der Waals surface area contributed by atoms with E-state index in [1.54, 1.807) is 24.3 Å². The molecule has 0 aliphatic carbocycles. The monoisotopic (exact) mass is 263 g/mol. The number of Topliss-reactive ketones (excluding diaryl/α,β-unsaturated/α-hetero) is 1. The van der Waals surface area contributed by atoms with Gasteiger partial charge in [0.1, 0.15) is 0 Å². The number of carbonyl (C=O) groups is 3. The number of carbonyl (C=O) groups excluding carboxylic acids is 3. The van der Waals surface area contributed by atoms with Crippen LogP contribution in [0.5, 0.6) is 0 Å². The lowest BCUT2D eigenvalue weighted by Gasteiger charge is -2.04. The molecule has 0 aliphatic heterocycles. The molecule has 0 unspecified atom stereocenters. The van der Waals surface area contributed by atoms with Crippen LogP contribution in [-0.2, 0) is 14.3 Å². The van der Waals surface area contributed by atoms with Gasteiger partial charge in [-0.25, -0.2) is 0 Å². The summed E-state index contributed by atoms with van der Waals surface area (Å²) in [6, 6.07) is 6.78. The van der Waals surface area contributed by atoms with Gasteiger partial charge < -0.3 is 10.1 Å². The minimum atomic E-state index is -0.659. The zero-order valence-corrected chi connectivity index (χ0v) is 11.1. The van der Waals surface area contributed by atoms with Crippen molar-refractivity contribution in [3.63, 3.8) is 0 Å². The number of ether oxygens (including phenoxy) is 1. The summed E-state index contributed by atoms with van der Waals surface area (Å²) in [7, 11) is 1.31. The lowest BCUT2D eigenvalue weighted by molar-refractivity contribution is -0.140. The summed E-state index contributed by atoms with van der Waals surface area (Å²) in [4.78, 5) is 34.1. The van der Waals surface area contributed by atoms with Crippen molar-refractivity contribution in [3.8, 4) is 0 Å². The Morgan fingerprint density at radius 1 is 1.16 bits per heavy atom. The van der Waals surface area contributed by atoms with E-state index in [1.807, 2.05) is 6.92 Å². The van der Waals surface area contributed by atoms with Crippen LogP contribution in [0.3, 0.4) is 0 Å². The molecule has 0 aliphatic rings. The molecule has 0 spiro atoms. The molecule has 0 heterocycles. The van der Waals surface area contributed by atoms with Gasteiger partial charge in [0.25, 0.3) is 5.91 Å². The molecule has 19 heavy (non-hydrogen) atoms. The van der Waals surface area contributed by atoms with Crippen LogP contribution in [0.2, 0.25) is 0 Å². The van der Waals surface area contributed by atoms with Gasteiger partial charge in [-0.05, 0) is 13.3 Å². The first-order chi connectivity index (χ1) is 9.04. The zero-order valence-electron chi connectivity index (χ0n) is 11.1. The molecule has 5 nitrogen and oxygen atoms in total. The minimum Gasteiger partial charge on any atom is -0.469 e. The summed E-state index contributed by atoms with van der Waals surface area (Å²) >= 11 is 0. The molecule has 1 rings (SSSR count). The number of methoxy groups -OCH3 is 1. The Morgan fingerprint density at radius 2 is 1.79 bits per heavy atom. The van der Waals surface area contributed by atoms with E-state index in [0.717, 1.165) is 5.56 Å². The number of esters is 1. The van der Waals surface area contributed by atoms with Crippen LogP contribution in [-0.4, -0.2) is 31.3 Å². The fraction of sp³-hybridized carbons (Fsp3) is 0.357. The lowest BCUT2D eigenvalue weighted by Crippen LogP contribution is -2.32. The Hall–Kier alpha value is -2.17. The molecule has 1 aromatic rings. The fourth-order valence-electron chi connectivity index (χ4n) is 1.45. The maximum atomic E-state index is 11.7.